The van der Waals surface area contributed by atoms with E-state index < -0.39 is 17.3 Å². The van der Waals surface area contributed by atoms with E-state index >= 15 is 0 Å². The van der Waals surface area contributed by atoms with E-state index in [1.165, 1.54) is 0 Å². The first-order chi connectivity index (χ1) is 11.0. The van der Waals surface area contributed by atoms with Crippen molar-refractivity contribution in [2.45, 2.75) is 50.0 Å². The molecule has 124 valence electrons. The van der Waals surface area contributed by atoms with Crippen molar-refractivity contribution in [2.24, 2.45) is 0 Å². The second kappa shape index (κ2) is 6.21. The number of aliphatic hydroxyl groups is 2. The fraction of sp³-hybridized carbons (Fsp3) is 0.611. The van der Waals surface area contributed by atoms with Gasteiger partial charge < -0.3 is 14.9 Å². The molecule has 1 spiro atoms. The molecule has 2 heterocycles. The maximum atomic E-state index is 10.5. The Bertz CT molecular complexity index is 601. The van der Waals surface area contributed by atoms with Gasteiger partial charge >= 0.3 is 0 Å². The summed E-state index contributed by atoms with van der Waals surface area (Å²) in [5, 5.41) is 29.9. The van der Waals surface area contributed by atoms with Crippen LogP contribution in [0.25, 0.3) is 0 Å². The van der Waals surface area contributed by atoms with Gasteiger partial charge in [-0.05, 0) is 37.5 Å². The third kappa shape index (κ3) is 3.26. The monoisotopic (exact) mass is 316 g/mol. The molecule has 0 bridgehead atoms. The van der Waals surface area contributed by atoms with Crippen LogP contribution >= 0.6 is 0 Å². The second-order valence-electron chi connectivity index (χ2n) is 7.01. The lowest BCUT2D eigenvalue weighted by molar-refractivity contribution is -0.246. The van der Waals surface area contributed by atoms with Crippen LogP contribution in [0.3, 0.4) is 0 Å². The highest BCUT2D eigenvalue weighted by Crippen LogP contribution is 2.39. The van der Waals surface area contributed by atoms with Crippen molar-refractivity contribution in [1.29, 1.82) is 5.26 Å². The molecule has 1 aromatic carbocycles. The zero-order chi connectivity index (χ0) is 16.5. The molecule has 2 aliphatic rings. The van der Waals surface area contributed by atoms with Crippen LogP contribution in [-0.4, -0.2) is 52.1 Å². The Morgan fingerprint density at radius 2 is 2.09 bits per heavy atom. The first-order valence-corrected chi connectivity index (χ1v) is 8.21. The van der Waals surface area contributed by atoms with Gasteiger partial charge in [-0.25, -0.2) is 0 Å². The first-order valence-electron chi connectivity index (χ1n) is 8.21. The molecule has 0 aliphatic carbocycles. The standard InChI is InChI=1S/C18H24N2O3/c1-17(22)7-10-23-18(16(17)21)5-8-20(9-6-18)13-15-4-2-3-14(11-15)12-19/h2-4,11,16,21-22H,5-10,13H2,1H3/t16-,17+/m0/s1. The lowest BCUT2D eigenvalue weighted by Crippen LogP contribution is -2.64. The Morgan fingerprint density at radius 3 is 2.78 bits per heavy atom. The minimum Gasteiger partial charge on any atom is -0.387 e. The minimum absolute atomic E-state index is 0.473. The minimum atomic E-state index is -1.07. The first kappa shape index (κ1) is 16.4. The van der Waals surface area contributed by atoms with E-state index in [9.17, 15) is 10.2 Å². The number of aliphatic hydroxyl groups excluding tert-OH is 1. The van der Waals surface area contributed by atoms with Gasteiger partial charge in [-0.3, -0.25) is 4.90 Å². The van der Waals surface area contributed by atoms with E-state index in [-0.39, 0.29) is 0 Å². The van der Waals surface area contributed by atoms with E-state index in [0.29, 0.717) is 31.4 Å². The van der Waals surface area contributed by atoms with Gasteiger partial charge in [-0.15, -0.1) is 0 Å². The number of benzene rings is 1. The van der Waals surface area contributed by atoms with E-state index in [1.807, 2.05) is 24.3 Å². The summed E-state index contributed by atoms with van der Waals surface area (Å²) in [6.07, 6.45) is 1.05. The van der Waals surface area contributed by atoms with Crippen molar-refractivity contribution in [2.75, 3.05) is 19.7 Å². The van der Waals surface area contributed by atoms with Crippen LogP contribution in [0, 0.1) is 11.3 Å². The van der Waals surface area contributed by atoms with Crippen molar-refractivity contribution in [3.63, 3.8) is 0 Å². The average Bonchev–Trinajstić information content (AvgIpc) is 2.55. The van der Waals surface area contributed by atoms with Gasteiger partial charge in [0.05, 0.1) is 29.4 Å². The highest BCUT2D eigenvalue weighted by molar-refractivity contribution is 5.32. The summed E-state index contributed by atoms with van der Waals surface area (Å²) in [7, 11) is 0. The lowest BCUT2D eigenvalue weighted by Gasteiger charge is -2.51. The van der Waals surface area contributed by atoms with Gasteiger partial charge in [0.15, 0.2) is 0 Å². The topological polar surface area (TPSA) is 76.7 Å². The summed E-state index contributed by atoms with van der Waals surface area (Å²) in [5.74, 6) is 0. The molecule has 2 atom stereocenters. The molecule has 0 saturated carbocycles. The third-order valence-electron chi connectivity index (χ3n) is 5.25. The predicted molar refractivity (Wildman–Crippen MR) is 85.6 cm³/mol. The van der Waals surface area contributed by atoms with Gasteiger partial charge in [0.1, 0.15) is 6.10 Å². The smallest absolute Gasteiger partial charge is 0.111 e. The molecule has 1 aromatic rings. The molecule has 5 nitrogen and oxygen atoms in total. The van der Waals surface area contributed by atoms with Crippen LogP contribution in [0.4, 0.5) is 0 Å². The summed E-state index contributed by atoms with van der Waals surface area (Å²) in [4.78, 5) is 2.31. The zero-order valence-electron chi connectivity index (χ0n) is 13.5. The highest BCUT2D eigenvalue weighted by atomic mass is 16.5. The molecule has 3 rings (SSSR count). The van der Waals surface area contributed by atoms with E-state index in [0.717, 1.165) is 25.2 Å². The van der Waals surface area contributed by atoms with E-state index in [2.05, 4.69) is 11.0 Å². The number of nitriles is 1. The number of ether oxygens (including phenoxy) is 1. The molecule has 0 radical (unpaired) electrons. The van der Waals surface area contributed by atoms with Gasteiger partial charge in [0.25, 0.3) is 0 Å². The number of hydrogen-bond acceptors (Lipinski definition) is 5. The molecule has 23 heavy (non-hydrogen) atoms. The zero-order valence-corrected chi connectivity index (χ0v) is 13.5. The molecule has 2 N–H and O–H groups in total. The molecule has 2 saturated heterocycles. The Kier molecular flexibility index (Phi) is 4.43. The van der Waals surface area contributed by atoms with Crippen molar-refractivity contribution in [3.05, 3.63) is 35.4 Å². The van der Waals surface area contributed by atoms with Crippen LogP contribution in [0.5, 0.6) is 0 Å². The third-order valence-corrected chi connectivity index (χ3v) is 5.25. The Morgan fingerprint density at radius 1 is 1.35 bits per heavy atom. The summed E-state index contributed by atoms with van der Waals surface area (Å²) in [6.45, 7) is 4.60. The van der Waals surface area contributed by atoms with Gasteiger partial charge in [-0.2, -0.15) is 5.26 Å². The van der Waals surface area contributed by atoms with Gasteiger partial charge in [0.2, 0.25) is 0 Å². The molecule has 0 amide bonds. The Hall–Kier alpha value is -1.45. The maximum absolute atomic E-state index is 10.5. The molecule has 5 heteroatoms. The van der Waals surface area contributed by atoms with Crippen molar-refractivity contribution in [3.8, 4) is 6.07 Å². The summed E-state index contributed by atoms with van der Waals surface area (Å²) < 4.78 is 5.91. The van der Waals surface area contributed by atoms with E-state index in [4.69, 9.17) is 10.00 Å². The van der Waals surface area contributed by atoms with Crippen molar-refractivity contribution >= 4 is 0 Å². The Balaban J connectivity index is 1.63. The van der Waals surface area contributed by atoms with Crippen molar-refractivity contribution < 1.29 is 14.9 Å². The number of rotatable bonds is 2. The number of hydrogen-bond donors (Lipinski definition) is 2. The summed E-state index contributed by atoms with van der Waals surface area (Å²) in [6, 6.07) is 9.83. The summed E-state index contributed by atoms with van der Waals surface area (Å²) >= 11 is 0. The fourth-order valence-electron chi connectivity index (χ4n) is 3.75. The van der Waals surface area contributed by atoms with Crippen LogP contribution in [0.2, 0.25) is 0 Å². The van der Waals surface area contributed by atoms with Crippen LogP contribution in [0.1, 0.15) is 37.3 Å². The van der Waals surface area contributed by atoms with Gasteiger partial charge in [-0.1, -0.05) is 12.1 Å². The number of likely N-dealkylation sites (tertiary alicyclic amines) is 1. The molecular formula is C18H24N2O3. The van der Waals surface area contributed by atoms with Gasteiger partial charge in [0, 0.05) is 26.1 Å². The predicted octanol–water partition coefficient (Wildman–Crippen LogP) is 1.43. The SMILES string of the molecule is C[C@@]1(O)CCOC2(CCN(Cc3cccc(C#N)c3)CC2)[C@H]1O. The average molecular weight is 316 g/mol. The van der Waals surface area contributed by atoms with Crippen LogP contribution in [-0.2, 0) is 11.3 Å². The van der Waals surface area contributed by atoms with Crippen LogP contribution in [0.15, 0.2) is 24.3 Å². The normalized spacial score (nSPS) is 31.0. The maximum Gasteiger partial charge on any atom is 0.111 e. The Labute approximate surface area is 137 Å². The molecule has 2 fully saturated rings. The number of nitrogens with zero attached hydrogens (tertiary/aromatic N) is 2. The lowest BCUT2D eigenvalue weighted by atomic mass is 9.75. The van der Waals surface area contributed by atoms with E-state index in [1.54, 1.807) is 6.92 Å². The molecular weight excluding hydrogens is 292 g/mol. The fourth-order valence-corrected chi connectivity index (χ4v) is 3.75. The molecule has 0 unspecified atom stereocenters. The van der Waals surface area contributed by atoms with Crippen LogP contribution < -0.4 is 0 Å². The number of piperidine rings is 1. The largest absolute Gasteiger partial charge is 0.387 e. The second-order valence-corrected chi connectivity index (χ2v) is 7.01. The molecule has 2 aliphatic heterocycles. The molecule has 0 aromatic heterocycles. The summed E-state index contributed by atoms with van der Waals surface area (Å²) in [5.41, 5.74) is 0.115. The highest BCUT2D eigenvalue weighted by Gasteiger charge is 2.52. The quantitative estimate of drug-likeness (QED) is 0.863. The van der Waals surface area contributed by atoms with Crippen molar-refractivity contribution in [1.82, 2.24) is 4.90 Å².